The first kappa shape index (κ1) is 19.7. The van der Waals surface area contributed by atoms with E-state index in [4.69, 9.17) is 4.52 Å². The number of hydrogen-bond acceptors (Lipinski definition) is 5. The molecule has 2 atom stereocenters. The van der Waals surface area contributed by atoms with E-state index in [-0.39, 0.29) is 17.4 Å². The topological polar surface area (TPSA) is 97.5 Å². The molecule has 0 amide bonds. The Morgan fingerprint density at radius 1 is 1.20 bits per heavy atom. The molecule has 9 heteroatoms. The Morgan fingerprint density at radius 3 is 2.16 bits per heavy atom. The highest BCUT2D eigenvalue weighted by Gasteiger charge is 2.60. The van der Waals surface area contributed by atoms with Crippen LogP contribution in [0.5, 0.6) is 0 Å². The predicted octanol–water partition coefficient (Wildman–Crippen LogP) is 2.67. The summed E-state index contributed by atoms with van der Waals surface area (Å²) >= 11 is 0. The molecule has 0 aliphatic rings. The van der Waals surface area contributed by atoms with Crippen molar-refractivity contribution in [3.05, 3.63) is 48.3 Å². The molecular formula is C16H23FN3O4P. The summed E-state index contributed by atoms with van der Waals surface area (Å²) in [5.41, 5.74) is -1.12. The molecule has 0 radical (unpaired) electrons. The quantitative estimate of drug-likeness (QED) is 0.574. The van der Waals surface area contributed by atoms with E-state index in [2.05, 4.69) is 10.1 Å². The number of rotatable bonds is 7. The Balaban J connectivity index is 2.82. The lowest BCUT2D eigenvalue weighted by Gasteiger charge is -2.51. The molecule has 1 aromatic heterocycles. The number of nitrogens with zero attached hydrogens (tertiary/aromatic N) is 3. The molecule has 1 aromatic carbocycles. The van der Waals surface area contributed by atoms with Gasteiger partial charge >= 0.3 is 8.25 Å². The van der Waals surface area contributed by atoms with Gasteiger partial charge in [0.1, 0.15) is 24.0 Å². The SMILES string of the molecule is CC(C)C(C(C)C)(n1cncn1)C(O)(O[PH](=O)O)c1ccc(F)cc1. The average molecular weight is 371 g/mol. The van der Waals surface area contributed by atoms with Crippen molar-refractivity contribution in [2.75, 3.05) is 0 Å². The first-order valence-corrected chi connectivity index (χ1v) is 9.18. The Morgan fingerprint density at radius 2 is 1.76 bits per heavy atom. The summed E-state index contributed by atoms with van der Waals surface area (Å²) < 4.78 is 31.6. The monoisotopic (exact) mass is 371 g/mol. The van der Waals surface area contributed by atoms with Crippen molar-refractivity contribution in [3.63, 3.8) is 0 Å². The fourth-order valence-corrected chi connectivity index (χ4v) is 4.24. The van der Waals surface area contributed by atoms with E-state index in [1.807, 2.05) is 27.7 Å². The molecule has 0 spiro atoms. The second-order valence-electron chi connectivity index (χ2n) is 6.49. The van der Waals surface area contributed by atoms with Crippen molar-refractivity contribution < 1.29 is 23.5 Å². The zero-order valence-electron chi connectivity index (χ0n) is 14.5. The van der Waals surface area contributed by atoms with Crippen LogP contribution in [0.3, 0.4) is 0 Å². The fraction of sp³-hybridized carbons (Fsp3) is 0.500. The van der Waals surface area contributed by atoms with Crippen LogP contribution < -0.4 is 0 Å². The van der Waals surface area contributed by atoms with Crippen LogP contribution in [0.25, 0.3) is 0 Å². The van der Waals surface area contributed by atoms with Crippen LogP contribution in [0.2, 0.25) is 0 Å². The van der Waals surface area contributed by atoms with Gasteiger partial charge in [-0.15, -0.1) is 0 Å². The highest BCUT2D eigenvalue weighted by molar-refractivity contribution is 7.32. The Bertz CT molecular complexity index is 713. The van der Waals surface area contributed by atoms with Crippen LogP contribution in [0.1, 0.15) is 33.3 Å². The standard InChI is InChI=1S/C16H23FN3O4P/c1-11(2)15(12(3)4,20-10-18-9-19-20)16(21,24-25(22)23)13-5-7-14(17)8-6-13/h5-12,21,25H,1-4H3,(H,22,23). The number of aromatic nitrogens is 3. The van der Waals surface area contributed by atoms with Gasteiger partial charge in [-0.05, 0) is 24.0 Å². The lowest BCUT2D eigenvalue weighted by atomic mass is 9.68. The molecule has 0 aliphatic carbocycles. The lowest BCUT2D eigenvalue weighted by molar-refractivity contribution is -0.258. The molecule has 0 aliphatic heterocycles. The van der Waals surface area contributed by atoms with Gasteiger partial charge in [-0.2, -0.15) is 5.10 Å². The summed E-state index contributed by atoms with van der Waals surface area (Å²) in [6, 6.07) is 4.98. The minimum absolute atomic E-state index is 0.152. The van der Waals surface area contributed by atoms with Crippen molar-refractivity contribution in [2.24, 2.45) is 11.8 Å². The summed E-state index contributed by atoms with van der Waals surface area (Å²) in [6.07, 6.45) is 2.74. The molecule has 2 rings (SSSR count). The van der Waals surface area contributed by atoms with Crippen molar-refractivity contribution in [1.29, 1.82) is 0 Å². The van der Waals surface area contributed by atoms with Gasteiger partial charge in [0.25, 0.3) is 0 Å². The normalized spacial score (nSPS) is 16.2. The maximum Gasteiger partial charge on any atom is 0.319 e. The maximum atomic E-state index is 13.4. The molecule has 25 heavy (non-hydrogen) atoms. The smallest absolute Gasteiger partial charge is 0.319 e. The van der Waals surface area contributed by atoms with Gasteiger partial charge in [0.2, 0.25) is 5.79 Å². The number of benzene rings is 1. The second kappa shape index (κ2) is 7.33. The van der Waals surface area contributed by atoms with E-state index in [1.165, 1.54) is 29.5 Å². The van der Waals surface area contributed by atoms with E-state index >= 15 is 0 Å². The summed E-state index contributed by atoms with van der Waals surface area (Å²) in [6.45, 7) is 7.37. The largest absolute Gasteiger partial charge is 0.360 e. The van der Waals surface area contributed by atoms with E-state index in [9.17, 15) is 19.0 Å². The molecular weight excluding hydrogens is 348 g/mol. The minimum Gasteiger partial charge on any atom is -0.360 e. The van der Waals surface area contributed by atoms with Crippen LogP contribution in [-0.2, 0) is 20.4 Å². The van der Waals surface area contributed by atoms with Crippen LogP contribution >= 0.6 is 8.25 Å². The predicted molar refractivity (Wildman–Crippen MR) is 90.3 cm³/mol. The molecule has 0 saturated carbocycles. The van der Waals surface area contributed by atoms with Crippen LogP contribution in [-0.4, -0.2) is 24.8 Å². The van der Waals surface area contributed by atoms with Gasteiger partial charge in [-0.1, -0.05) is 39.8 Å². The molecule has 2 unspecified atom stereocenters. The van der Waals surface area contributed by atoms with Crippen molar-refractivity contribution in [2.45, 2.75) is 39.0 Å². The molecule has 2 aromatic rings. The zero-order chi connectivity index (χ0) is 18.8. The minimum atomic E-state index is -3.54. The molecule has 7 nitrogen and oxygen atoms in total. The zero-order valence-corrected chi connectivity index (χ0v) is 15.5. The van der Waals surface area contributed by atoms with E-state index < -0.39 is 25.4 Å². The van der Waals surface area contributed by atoms with Gasteiger partial charge < -0.3 is 10.00 Å². The first-order chi connectivity index (χ1) is 11.7. The molecule has 138 valence electrons. The van der Waals surface area contributed by atoms with Crippen molar-refractivity contribution in [3.8, 4) is 0 Å². The Labute approximate surface area is 146 Å². The van der Waals surface area contributed by atoms with E-state index in [0.717, 1.165) is 12.1 Å². The molecule has 0 saturated heterocycles. The third-order valence-electron chi connectivity index (χ3n) is 4.57. The maximum absolute atomic E-state index is 13.4. The van der Waals surface area contributed by atoms with Gasteiger partial charge in [0.05, 0.1) is 0 Å². The summed E-state index contributed by atoms with van der Waals surface area (Å²) in [5.74, 6) is -3.30. The van der Waals surface area contributed by atoms with Crippen LogP contribution in [0.4, 0.5) is 4.39 Å². The van der Waals surface area contributed by atoms with Crippen molar-refractivity contribution >= 4 is 8.25 Å². The summed E-state index contributed by atoms with van der Waals surface area (Å²) in [7, 11) is -3.54. The average Bonchev–Trinajstić information content (AvgIpc) is 3.01. The molecule has 1 heterocycles. The molecule has 0 bridgehead atoms. The summed E-state index contributed by atoms with van der Waals surface area (Å²) in [5, 5.41) is 15.8. The van der Waals surface area contributed by atoms with E-state index in [1.54, 1.807) is 0 Å². The second-order valence-corrected chi connectivity index (χ2v) is 7.23. The lowest BCUT2D eigenvalue weighted by Crippen LogP contribution is -2.60. The van der Waals surface area contributed by atoms with Gasteiger partial charge in [0.15, 0.2) is 0 Å². The van der Waals surface area contributed by atoms with Gasteiger partial charge in [-0.3, -0.25) is 9.09 Å². The third kappa shape index (κ3) is 3.27. The Hall–Kier alpha value is -1.60. The van der Waals surface area contributed by atoms with Crippen molar-refractivity contribution in [1.82, 2.24) is 14.8 Å². The van der Waals surface area contributed by atoms with Crippen LogP contribution in [0.15, 0.2) is 36.9 Å². The molecule has 2 N–H and O–H groups in total. The fourth-order valence-electron chi connectivity index (χ4n) is 3.71. The third-order valence-corrected chi connectivity index (χ3v) is 5.04. The number of aliphatic hydroxyl groups is 1. The van der Waals surface area contributed by atoms with Crippen LogP contribution in [0, 0.1) is 17.7 Å². The number of hydrogen-bond donors (Lipinski definition) is 2. The Kier molecular flexibility index (Phi) is 5.79. The highest BCUT2D eigenvalue weighted by Crippen LogP contribution is 2.52. The van der Waals surface area contributed by atoms with E-state index in [0.29, 0.717) is 0 Å². The molecule has 0 fully saturated rings. The summed E-state index contributed by atoms with van der Waals surface area (Å²) in [4.78, 5) is 13.4. The first-order valence-electron chi connectivity index (χ1n) is 7.91. The highest BCUT2D eigenvalue weighted by atomic mass is 31.1. The number of halogens is 1. The van der Waals surface area contributed by atoms with Gasteiger partial charge in [-0.25, -0.2) is 14.1 Å². The van der Waals surface area contributed by atoms with Gasteiger partial charge in [0, 0.05) is 5.56 Å².